The molecule has 0 radical (unpaired) electrons. The second-order valence-corrected chi connectivity index (χ2v) is 11.7. The average molecular weight is 700 g/mol. The Morgan fingerprint density at radius 2 is 1.82 bits per heavy atom. The maximum atomic E-state index is 13.6. The van der Waals surface area contributed by atoms with E-state index in [0.29, 0.717) is 46.3 Å². The molecule has 1 aliphatic heterocycles. The Morgan fingerprint density at radius 3 is 2.52 bits per heavy atom. The fraction of sp³-hybridized carbons (Fsp3) is 0.242. The molecular weight excluding hydrogens is 667 g/mol. The minimum absolute atomic E-state index is 0.0296. The number of alkyl halides is 1. The van der Waals surface area contributed by atoms with Crippen molar-refractivity contribution in [3.63, 3.8) is 0 Å². The molecule has 11 heteroatoms. The Bertz CT molecular complexity index is 1610. The molecule has 3 aromatic rings. The van der Waals surface area contributed by atoms with Gasteiger partial charge in [-0.15, -0.1) is 0 Å². The highest BCUT2D eigenvalue weighted by Gasteiger charge is 2.28. The number of nitrogens with zero attached hydrogens (tertiary/aromatic N) is 2. The molecule has 0 spiro atoms. The molecule has 0 atom stereocenters. The number of fused-ring (bicyclic) bond motifs is 1. The van der Waals surface area contributed by atoms with Gasteiger partial charge < -0.3 is 20.7 Å². The third-order valence-electron chi connectivity index (χ3n) is 7.16. The number of hydrogen-bond donors (Lipinski definition) is 2. The van der Waals surface area contributed by atoms with E-state index in [1.165, 1.54) is 11.0 Å². The molecule has 1 heterocycles. The molecule has 4 rings (SSSR count). The van der Waals surface area contributed by atoms with Gasteiger partial charge in [-0.05, 0) is 60.9 Å². The van der Waals surface area contributed by atoms with Crippen molar-refractivity contribution in [3.05, 3.63) is 105 Å². The number of allylic oxidation sites excluding steroid dienone is 2. The predicted molar refractivity (Wildman–Crippen MR) is 181 cm³/mol. The molecule has 1 aliphatic rings. The van der Waals surface area contributed by atoms with Crippen LogP contribution in [0.1, 0.15) is 36.5 Å². The lowest BCUT2D eigenvalue weighted by Crippen LogP contribution is -2.33. The van der Waals surface area contributed by atoms with E-state index in [2.05, 4.69) is 21.2 Å². The summed E-state index contributed by atoms with van der Waals surface area (Å²) in [7, 11) is 1.59. The largest absolute Gasteiger partial charge is 0.491 e. The second-order valence-electron chi connectivity index (χ2n) is 10.1. The van der Waals surface area contributed by atoms with Crippen LogP contribution in [0.2, 0.25) is 10.0 Å². The summed E-state index contributed by atoms with van der Waals surface area (Å²) in [6.07, 6.45) is 4.91. The highest BCUT2D eigenvalue weighted by molar-refractivity contribution is 9.09. The summed E-state index contributed by atoms with van der Waals surface area (Å²) in [6.45, 7) is 1.70. The van der Waals surface area contributed by atoms with Gasteiger partial charge in [0.05, 0.1) is 28.6 Å². The van der Waals surface area contributed by atoms with E-state index in [1.54, 1.807) is 42.3 Å². The zero-order chi connectivity index (χ0) is 31.8. The van der Waals surface area contributed by atoms with Crippen LogP contribution in [0.15, 0.2) is 78.2 Å². The summed E-state index contributed by atoms with van der Waals surface area (Å²) < 4.78 is 6.26. The highest BCUT2D eigenvalue weighted by atomic mass is 79.9. The van der Waals surface area contributed by atoms with Gasteiger partial charge in [0.2, 0.25) is 11.8 Å². The van der Waals surface area contributed by atoms with Crippen molar-refractivity contribution in [2.75, 3.05) is 34.0 Å². The number of anilines is 3. The molecule has 44 heavy (non-hydrogen) atoms. The van der Waals surface area contributed by atoms with Gasteiger partial charge in [-0.1, -0.05) is 69.5 Å². The summed E-state index contributed by atoms with van der Waals surface area (Å²) >= 11 is 16.5. The van der Waals surface area contributed by atoms with E-state index in [0.717, 1.165) is 28.6 Å². The summed E-state index contributed by atoms with van der Waals surface area (Å²) in [6, 6.07) is 18.3. The van der Waals surface area contributed by atoms with Crippen molar-refractivity contribution in [1.82, 2.24) is 0 Å². The maximum Gasteiger partial charge on any atom is 0.255 e. The van der Waals surface area contributed by atoms with Gasteiger partial charge in [-0.3, -0.25) is 19.3 Å². The first-order chi connectivity index (χ1) is 21.1. The zero-order valence-corrected chi connectivity index (χ0v) is 27.5. The fourth-order valence-electron chi connectivity index (χ4n) is 4.70. The second kappa shape index (κ2) is 15.4. The van der Waals surface area contributed by atoms with E-state index >= 15 is 0 Å². The first-order valence-corrected chi connectivity index (χ1v) is 15.8. The highest BCUT2D eigenvalue weighted by Crippen LogP contribution is 2.37. The Labute approximate surface area is 275 Å². The number of carbonyl (C=O) groups excluding carboxylic acids is 3. The Morgan fingerprint density at radius 1 is 1.09 bits per heavy atom. The molecule has 0 fully saturated rings. The van der Waals surface area contributed by atoms with Gasteiger partial charge >= 0.3 is 0 Å². The number of amides is 3. The molecule has 3 aromatic carbocycles. The summed E-state index contributed by atoms with van der Waals surface area (Å²) in [5.41, 5.74) is 10.3. The summed E-state index contributed by atoms with van der Waals surface area (Å²) in [5.74, 6) is 0.00448. The lowest BCUT2D eigenvalue weighted by Gasteiger charge is -2.31. The number of benzene rings is 3. The zero-order valence-electron chi connectivity index (χ0n) is 24.4. The number of likely N-dealkylation sites (N-methyl/N-ethyl adjacent to an activating group) is 1. The number of carbonyl (C=O) groups is 3. The van der Waals surface area contributed by atoms with Crippen molar-refractivity contribution >= 4 is 80.0 Å². The number of para-hydroxylation sites is 1. The van der Waals surface area contributed by atoms with Crippen LogP contribution >= 0.6 is 39.1 Å². The number of halogens is 3. The molecule has 3 N–H and O–H groups in total. The van der Waals surface area contributed by atoms with Crippen molar-refractivity contribution in [2.24, 2.45) is 5.73 Å². The van der Waals surface area contributed by atoms with Crippen LogP contribution in [0.5, 0.6) is 0 Å². The smallest absolute Gasteiger partial charge is 0.255 e. The molecule has 3 amide bonds. The van der Waals surface area contributed by atoms with Gasteiger partial charge in [0.25, 0.3) is 5.91 Å². The van der Waals surface area contributed by atoms with Crippen LogP contribution < -0.4 is 20.9 Å². The normalized spacial score (nSPS) is 12.7. The van der Waals surface area contributed by atoms with Gasteiger partial charge in [0.1, 0.15) is 12.4 Å². The van der Waals surface area contributed by atoms with Crippen molar-refractivity contribution < 1.29 is 19.1 Å². The number of hydrogen-bond acceptors (Lipinski definition) is 5. The SMILES string of the molecule is CC1=C(OCc2c(Cl)ccc(N(C)C(=O)CN)c2Cl)Cc2ccccc2N1C(=O)C=Cc1ccc(NC(=O)CCCBr)cc1. The monoisotopic (exact) mass is 698 g/mol. The van der Waals surface area contributed by atoms with E-state index < -0.39 is 0 Å². The van der Waals surface area contributed by atoms with Crippen LogP contribution in [0.25, 0.3) is 6.08 Å². The van der Waals surface area contributed by atoms with Gasteiger partial charge in [-0.2, -0.15) is 0 Å². The molecule has 0 aliphatic carbocycles. The lowest BCUT2D eigenvalue weighted by atomic mass is 10.0. The molecule has 230 valence electrons. The topological polar surface area (TPSA) is 105 Å². The molecule has 0 bridgehead atoms. The van der Waals surface area contributed by atoms with E-state index in [9.17, 15) is 14.4 Å². The van der Waals surface area contributed by atoms with E-state index in [-0.39, 0.29) is 35.9 Å². The predicted octanol–water partition coefficient (Wildman–Crippen LogP) is 7.08. The van der Waals surface area contributed by atoms with Gasteiger partial charge in [0, 0.05) is 47.6 Å². The number of nitrogens with one attached hydrogen (secondary N) is 1. The molecule has 0 aromatic heterocycles. The summed E-state index contributed by atoms with van der Waals surface area (Å²) in [5, 5.41) is 4.32. The van der Waals surface area contributed by atoms with Gasteiger partial charge in [-0.25, -0.2) is 0 Å². The minimum Gasteiger partial charge on any atom is -0.491 e. The minimum atomic E-state index is -0.297. The van der Waals surface area contributed by atoms with E-state index in [1.807, 2.05) is 43.3 Å². The Kier molecular flexibility index (Phi) is 11.6. The van der Waals surface area contributed by atoms with Crippen LogP contribution in [-0.2, 0) is 32.1 Å². The van der Waals surface area contributed by atoms with Crippen LogP contribution in [0.4, 0.5) is 17.1 Å². The Hall–Kier alpha value is -3.63. The number of ether oxygens (including phenoxy) is 1. The number of rotatable bonds is 11. The fourth-order valence-corrected chi connectivity index (χ4v) is 5.59. The average Bonchev–Trinajstić information content (AvgIpc) is 3.02. The molecular formula is C33H33BrCl2N4O4. The first kappa shape index (κ1) is 33.3. The standard InChI is InChI=1S/C33H33BrCl2N4O4/c1-21-29(44-20-25-26(35)14-15-28(33(25)36)39(2)32(43)19-37)18-23-6-3-4-7-27(23)40(21)31(42)16-11-22-9-12-24(13-10-22)38-30(41)8-5-17-34/h3-4,6-7,9-16H,5,8,17-20,37H2,1-2H3,(H,38,41). The van der Waals surface area contributed by atoms with Crippen LogP contribution in [-0.4, -0.2) is 36.6 Å². The summed E-state index contributed by atoms with van der Waals surface area (Å²) in [4.78, 5) is 40.8. The van der Waals surface area contributed by atoms with Crippen molar-refractivity contribution in [2.45, 2.75) is 32.8 Å². The third kappa shape index (κ3) is 7.90. The van der Waals surface area contributed by atoms with Gasteiger partial charge in [0.15, 0.2) is 0 Å². The number of nitrogens with two attached hydrogens (primary N) is 1. The van der Waals surface area contributed by atoms with Crippen LogP contribution in [0.3, 0.4) is 0 Å². The quantitative estimate of drug-likeness (QED) is 0.164. The third-order valence-corrected chi connectivity index (χ3v) is 8.50. The maximum absolute atomic E-state index is 13.6. The molecule has 0 saturated heterocycles. The van der Waals surface area contributed by atoms with Crippen LogP contribution in [0, 0.1) is 0 Å². The first-order valence-electron chi connectivity index (χ1n) is 14.0. The lowest BCUT2D eigenvalue weighted by molar-refractivity contribution is -0.117. The van der Waals surface area contributed by atoms with Crippen molar-refractivity contribution in [3.8, 4) is 0 Å². The Balaban J connectivity index is 1.54. The van der Waals surface area contributed by atoms with Crippen molar-refractivity contribution in [1.29, 1.82) is 0 Å². The van der Waals surface area contributed by atoms with E-state index in [4.69, 9.17) is 33.7 Å². The molecule has 0 saturated carbocycles. The molecule has 8 nitrogen and oxygen atoms in total. The molecule has 0 unspecified atom stereocenters.